The summed E-state index contributed by atoms with van der Waals surface area (Å²) in [7, 11) is 0. The fraction of sp³-hybridized carbons (Fsp3) is 0.150. The van der Waals surface area contributed by atoms with Crippen molar-refractivity contribution in [3.8, 4) is 11.1 Å². The van der Waals surface area contributed by atoms with Crippen LogP contribution in [0.3, 0.4) is 0 Å². The van der Waals surface area contributed by atoms with Gasteiger partial charge in [-0.15, -0.1) is 0 Å². The quantitative estimate of drug-likeness (QED) is 0.725. The molecule has 126 valence electrons. The molecule has 0 saturated heterocycles. The van der Waals surface area contributed by atoms with E-state index in [4.69, 9.17) is 0 Å². The molecule has 0 radical (unpaired) electrons. The van der Waals surface area contributed by atoms with Crippen LogP contribution in [0, 0.1) is 0 Å². The van der Waals surface area contributed by atoms with Gasteiger partial charge in [0.15, 0.2) is 0 Å². The number of nitrogens with one attached hydrogen (secondary N) is 2. The average Bonchev–Trinajstić information content (AvgIpc) is 2.68. The molecular weight excluding hydrogens is 312 g/mol. The molecule has 2 N–H and O–H groups in total. The van der Waals surface area contributed by atoms with Crippen LogP contribution in [0.4, 0.5) is 5.95 Å². The van der Waals surface area contributed by atoms with E-state index in [1.807, 2.05) is 37.3 Å². The lowest BCUT2D eigenvalue weighted by molar-refractivity contribution is 0.0950. The Bertz CT molecular complexity index is 815. The number of nitrogens with zero attached hydrogens (tertiary/aromatic N) is 2. The molecule has 0 aliphatic heterocycles. The van der Waals surface area contributed by atoms with E-state index in [9.17, 15) is 4.79 Å². The molecule has 1 aromatic heterocycles. The van der Waals surface area contributed by atoms with Crippen molar-refractivity contribution in [2.45, 2.75) is 13.5 Å². The maximum absolute atomic E-state index is 12.2. The van der Waals surface area contributed by atoms with Gasteiger partial charge in [-0.1, -0.05) is 54.6 Å². The van der Waals surface area contributed by atoms with Crippen LogP contribution in [-0.4, -0.2) is 22.4 Å². The lowest BCUT2D eigenvalue weighted by Crippen LogP contribution is -2.23. The Balaban J connectivity index is 1.58. The van der Waals surface area contributed by atoms with Gasteiger partial charge in [0.2, 0.25) is 5.95 Å². The normalized spacial score (nSPS) is 10.3. The highest BCUT2D eigenvalue weighted by Crippen LogP contribution is 2.19. The first-order valence-electron chi connectivity index (χ1n) is 8.24. The Kier molecular flexibility index (Phi) is 5.36. The van der Waals surface area contributed by atoms with E-state index < -0.39 is 0 Å². The summed E-state index contributed by atoms with van der Waals surface area (Å²) in [5.41, 5.74) is 3.82. The molecule has 3 rings (SSSR count). The highest BCUT2D eigenvalue weighted by Gasteiger charge is 2.07. The third-order valence-corrected chi connectivity index (χ3v) is 3.76. The van der Waals surface area contributed by atoms with Crippen molar-refractivity contribution in [3.63, 3.8) is 0 Å². The number of benzene rings is 2. The van der Waals surface area contributed by atoms with E-state index in [1.54, 1.807) is 0 Å². The van der Waals surface area contributed by atoms with Gasteiger partial charge in [-0.3, -0.25) is 4.79 Å². The van der Waals surface area contributed by atoms with Crippen LogP contribution in [0.5, 0.6) is 0 Å². The van der Waals surface area contributed by atoms with E-state index >= 15 is 0 Å². The molecular formula is C20H20N4O. The Morgan fingerprint density at radius 1 is 0.920 bits per heavy atom. The highest BCUT2D eigenvalue weighted by molar-refractivity contribution is 5.93. The van der Waals surface area contributed by atoms with Crippen molar-refractivity contribution in [1.29, 1.82) is 0 Å². The van der Waals surface area contributed by atoms with Crippen LogP contribution in [0.2, 0.25) is 0 Å². The molecule has 5 nitrogen and oxygen atoms in total. The van der Waals surface area contributed by atoms with Crippen LogP contribution in [0.25, 0.3) is 11.1 Å². The maximum atomic E-state index is 12.2. The van der Waals surface area contributed by atoms with Gasteiger partial charge in [0.1, 0.15) is 0 Å². The van der Waals surface area contributed by atoms with Gasteiger partial charge in [0, 0.05) is 25.5 Å². The first-order chi connectivity index (χ1) is 12.3. The van der Waals surface area contributed by atoms with Crippen molar-refractivity contribution in [2.24, 2.45) is 0 Å². The molecule has 0 fully saturated rings. The minimum atomic E-state index is -0.185. The zero-order valence-corrected chi connectivity index (χ0v) is 14.1. The minimum absolute atomic E-state index is 0.185. The van der Waals surface area contributed by atoms with E-state index in [1.165, 1.54) is 18.0 Å². The van der Waals surface area contributed by atoms with Crippen LogP contribution >= 0.6 is 0 Å². The number of rotatable bonds is 6. The van der Waals surface area contributed by atoms with Crippen LogP contribution in [0.1, 0.15) is 22.8 Å². The summed E-state index contributed by atoms with van der Waals surface area (Å²) in [4.78, 5) is 20.4. The summed E-state index contributed by atoms with van der Waals surface area (Å²) in [6.07, 6.45) is 3.05. The number of hydrogen-bond acceptors (Lipinski definition) is 4. The van der Waals surface area contributed by atoms with Gasteiger partial charge >= 0.3 is 0 Å². The van der Waals surface area contributed by atoms with Gasteiger partial charge in [-0.05, 0) is 23.6 Å². The topological polar surface area (TPSA) is 66.9 Å². The third kappa shape index (κ3) is 4.41. The van der Waals surface area contributed by atoms with Gasteiger partial charge in [-0.2, -0.15) is 0 Å². The lowest BCUT2D eigenvalue weighted by atomic mass is 10.0. The summed E-state index contributed by atoms with van der Waals surface area (Å²) < 4.78 is 0. The number of hydrogen-bond donors (Lipinski definition) is 2. The summed E-state index contributed by atoms with van der Waals surface area (Å²) >= 11 is 0. The smallest absolute Gasteiger partial charge is 0.254 e. The summed E-state index contributed by atoms with van der Waals surface area (Å²) in [6, 6.07) is 18.4. The largest absolute Gasteiger partial charge is 0.355 e. The average molecular weight is 332 g/mol. The molecule has 0 saturated carbocycles. The predicted molar refractivity (Wildman–Crippen MR) is 99.2 cm³/mol. The SMILES string of the molecule is CCNc1ncc(C(=O)NCc2ccc(-c3ccccc3)cc2)cn1. The second-order valence-electron chi connectivity index (χ2n) is 5.57. The molecule has 0 aliphatic carbocycles. The van der Waals surface area contributed by atoms with Gasteiger partial charge in [0.25, 0.3) is 5.91 Å². The predicted octanol–water partition coefficient (Wildman–Crippen LogP) is 3.51. The molecule has 0 bridgehead atoms. The van der Waals surface area contributed by atoms with E-state index in [-0.39, 0.29) is 5.91 Å². The van der Waals surface area contributed by atoms with Crippen molar-refractivity contribution < 1.29 is 4.79 Å². The fourth-order valence-electron chi connectivity index (χ4n) is 2.42. The van der Waals surface area contributed by atoms with Gasteiger partial charge in [0.05, 0.1) is 5.56 Å². The maximum Gasteiger partial charge on any atom is 0.254 e. The van der Waals surface area contributed by atoms with E-state index in [2.05, 4.69) is 44.9 Å². The molecule has 1 amide bonds. The van der Waals surface area contributed by atoms with Gasteiger partial charge < -0.3 is 10.6 Å². The zero-order valence-electron chi connectivity index (χ0n) is 14.1. The third-order valence-electron chi connectivity index (χ3n) is 3.76. The molecule has 0 spiro atoms. The lowest BCUT2D eigenvalue weighted by Gasteiger charge is -2.07. The second-order valence-corrected chi connectivity index (χ2v) is 5.57. The second kappa shape index (κ2) is 8.06. The van der Waals surface area contributed by atoms with Crippen molar-refractivity contribution in [1.82, 2.24) is 15.3 Å². The molecule has 0 atom stereocenters. The van der Waals surface area contributed by atoms with Crippen LogP contribution < -0.4 is 10.6 Å². The Labute approximate surface area is 147 Å². The number of anilines is 1. The van der Waals surface area contributed by atoms with E-state index in [0.717, 1.165) is 17.7 Å². The monoisotopic (exact) mass is 332 g/mol. The summed E-state index contributed by atoms with van der Waals surface area (Å²) in [5.74, 6) is 0.339. The van der Waals surface area contributed by atoms with Crippen molar-refractivity contribution in [3.05, 3.63) is 78.1 Å². The van der Waals surface area contributed by atoms with Crippen LogP contribution in [0.15, 0.2) is 67.0 Å². The number of carbonyl (C=O) groups is 1. The first-order valence-corrected chi connectivity index (χ1v) is 8.24. The molecule has 25 heavy (non-hydrogen) atoms. The molecule has 0 unspecified atom stereocenters. The molecule has 2 aromatic carbocycles. The van der Waals surface area contributed by atoms with Gasteiger partial charge in [-0.25, -0.2) is 9.97 Å². The number of carbonyl (C=O) groups excluding carboxylic acids is 1. The number of aromatic nitrogens is 2. The van der Waals surface area contributed by atoms with Crippen LogP contribution in [-0.2, 0) is 6.54 Å². The standard InChI is InChI=1S/C20H20N4O/c1-2-21-20-23-13-18(14-24-20)19(25)22-12-15-8-10-17(11-9-15)16-6-4-3-5-7-16/h3-11,13-14H,2,12H2,1H3,(H,22,25)(H,21,23,24). The number of amides is 1. The Hall–Kier alpha value is -3.21. The fourth-order valence-corrected chi connectivity index (χ4v) is 2.42. The Morgan fingerprint density at radius 3 is 2.20 bits per heavy atom. The summed E-state index contributed by atoms with van der Waals surface area (Å²) in [5, 5.41) is 5.88. The minimum Gasteiger partial charge on any atom is -0.355 e. The van der Waals surface area contributed by atoms with E-state index in [0.29, 0.717) is 18.1 Å². The van der Waals surface area contributed by atoms with Crippen molar-refractivity contribution in [2.75, 3.05) is 11.9 Å². The highest BCUT2D eigenvalue weighted by atomic mass is 16.1. The Morgan fingerprint density at radius 2 is 1.56 bits per heavy atom. The first kappa shape index (κ1) is 16.6. The molecule has 3 aromatic rings. The zero-order chi connectivity index (χ0) is 17.5. The van der Waals surface area contributed by atoms with Crippen molar-refractivity contribution >= 4 is 11.9 Å². The molecule has 0 aliphatic rings. The molecule has 1 heterocycles. The molecule has 5 heteroatoms. The summed E-state index contributed by atoms with van der Waals surface area (Å²) in [6.45, 7) is 3.17.